The number of anilines is 1. The molecule has 0 amide bonds. The topological polar surface area (TPSA) is 37.8 Å². The lowest BCUT2D eigenvalue weighted by atomic mass is 10.2. The molecule has 0 aliphatic heterocycles. The zero-order valence-corrected chi connectivity index (χ0v) is 10.5. The van der Waals surface area contributed by atoms with Gasteiger partial charge in [-0.25, -0.2) is 0 Å². The van der Waals surface area contributed by atoms with Crippen LogP contribution in [0.2, 0.25) is 0 Å². The molecule has 1 unspecified atom stereocenters. The van der Waals surface area contributed by atoms with Crippen molar-refractivity contribution in [2.24, 2.45) is 0 Å². The second-order valence-electron chi connectivity index (χ2n) is 3.86. The fraction of sp³-hybridized carbons (Fsp3) is 0.333. The Kier molecular flexibility index (Phi) is 3.19. The smallest absolute Gasteiger partial charge is 0.0795 e. The van der Waals surface area contributed by atoms with Gasteiger partial charge in [0.15, 0.2) is 0 Å². The van der Waals surface area contributed by atoms with Gasteiger partial charge >= 0.3 is 0 Å². The van der Waals surface area contributed by atoms with Crippen LogP contribution < -0.4 is 5.32 Å². The molecule has 0 aliphatic carbocycles. The fourth-order valence-corrected chi connectivity index (χ4v) is 2.21. The molecule has 2 aromatic rings. The fourth-order valence-electron chi connectivity index (χ4n) is 1.58. The van der Waals surface area contributed by atoms with E-state index >= 15 is 0 Å². The first-order chi connectivity index (χ1) is 7.66. The summed E-state index contributed by atoms with van der Waals surface area (Å²) in [7, 11) is 0. The Morgan fingerprint density at radius 2 is 2.12 bits per heavy atom. The number of rotatable bonds is 3. The third-order valence-corrected chi connectivity index (χ3v) is 3.43. The van der Waals surface area contributed by atoms with Gasteiger partial charge in [-0.15, -0.1) is 11.3 Å². The Labute approximate surface area is 99.6 Å². The van der Waals surface area contributed by atoms with Crippen molar-refractivity contribution in [3.05, 3.63) is 40.1 Å². The molecule has 2 rings (SSSR count). The van der Waals surface area contributed by atoms with Crippen molar-refractivity contribution in [3.63, 3.8) is 0 Å². The van der Waals surface area contributed by atoms with E-state index in [4.69, 9.17) is 0 Å². The van der Waals surface area contributed by atoms with E-state index < -0.39 is 0 Å². The first-order valence-electron chi connectivity index (χ1n) is 5.26. The van der Waals surface area contributed by atoms with E-state index in [-0.39, 0.29) is 6.04 Å². The molecule has 0 saturated carbocycles. The monoisotopic (exact) mass is 233 g/mol. The number of hydrogen-bond acceptors (Lipinski definition) is 4. The summed E-state index contributed by atoms with van der Waals surface area (Å²) >= 11 is 1.67. The molecule has 0 saturated heterocycles. The minimum Gasteiger partial charge on any atom is -0.376 e. The molecule has 0 bridgehead atoms. The molecule has 0 spiro atoms. The highest BCUT2D eigenvalue weighted by Gasteiger charge is 2.08. The molecule has 1 N–H and O–H groups in total. The van der Waals surface area contributed by atoms with Crippen LogP contribution in [0, 0.1) is 13.8 Å². The van der Waals surface area contributed by atoms with Crippen molar-refractivity contribution in [1.82, 2.24) is 9.97 Å². The maximum atomic E-state index is 4.43. The van der Waals surface area contributed by atoms with Crippen molar-refractivity contribution < 1.29 is 0 Å². The number of hydrogen-bond donors (Lipinski definition) is 1. The number of aryl methyl sites for hydroxylation is 2. The molecule has 2 heterocycles. The maximum Gasteiger partial charge on any atom is 0.0795 e. The van der Waals surface area contributed by atoms with E-state index in [0.29, 0.717) is 0 Å². The minimum absolute atomic E-state index is 0.274. The number of nitrogens with one attached hydrogen (secondary N) is 1. The molecule has 0 fully saturated rings. The highest BCUT2D eigenvalue weighted by Crippen LogP contribution is 2.23. The van der Waals surface area contributed by atoms with Crippen molar-refractivity contribution >= 4 is 17.0 Å². The first-order valence-corrected chi connectivity index (χ1v) is 6.14. The van der Waals surface area contributed by atoms with Crippen LogP contribution in [0.5, 0.6) is 0 Å². The minimum atomic E-state index is 0.274. The lowest BCUT2D eigenvalue weighted by Gasteiger charge is -2.15. The summed E-state index contributed by atoms with van der Waals surface area (Å²) in [5, 5.41) is 3.45. The summed E-state index contributed by atoms with van der Waals surface area (Å²) in [6.45, 7) is 6.16. The normalized spacial score (nSPS) is 12.4. The highest BCUT2D eigenvalue weighted by molar-refractivity contribution is 7.09. The van der Waals surface area contributed by atoms with Gasteiger partial charge < -0.3 is 5.32 Å². The van der Waals surface area contributed by atoms with Gasteiger partial charge in [0.05, 0.1) is 22.9 Å². The standard InChI is InChI=1S/C12H15N3S/c1-8-4-5-11(9(2)14-8)15-10(3)12-6-13-7-16-12/h4-7,10,15H,1-3H3. The Bertz CT molecular complexity index is 465. The SMILES string of the molecule is Cc1ccc(NC(C)c2cncs2)c(C)n1. The molecule has 1 atom stereocenters. The lowest BCUT2D eigenvalue weighted by molar-refractivity contribution is 0.895. The number of pyridine rings is 1. The van der Waals surface area contributed by atoms with E-state index in [9.17, 15) is 0 Å². The van der Waals surface area contributed by atoms with Gasteiger partial charge in [-0.05, 0) is 32.9 Å². The second-order valence-corrected chi connectivity index (χ2v) is 4.77. The zero-order chi connectivity index (χ0) is 11.5. The Balaban J connectivity index is 2.15. The number of aromatic nitrogens is 2. The van der Waals surface area contributed by atoms with Crippen molar-refractivity contribution in [2.45, 2.75) is 26.8 Å². The number of nitrogens with zero attached hydrogens (tertiary/aromatic N) is 2. The van der Waals surface area contributed by atoms with Crippen LogP contribution in [0.3, 0.4) is 0 Å². The predicted molar refractivity (Wildman–Crippen MR) is 67.9 cm³/mol. The zero-order valence-electron chi connectivity index (χ0n) is 9.69. The first kappa shape index (κ1) is 11.1. The van der Waals surface area contributed by atoms with Gasteiger partial charge in [0.25, 0.3) is 0 Å². The molecular formula is C12H15N3S. The molecule has 4 heteroatoms. The largest absolute Gasteiger partial charge is 0.376 e. The molecular weight excluding hydrogens is 218 g/mol. The third-order valence-electron chi connectivity index (χ3n) is 2.48. The van der Waals surface area contributed by atoms with Crippen molar-refractivity contribution in [3.8, 4) is 0 Å². The Morgan fingerprint density at radius 3 is 2.75 bits per heavy atom. The quantitative estimate of drug-likeness (QED) is 0.883. The van der Waals surface area contributed by atoms with E-state index in [0.717, 1.165) is 17.1 Å². The summed E-state index contributed by atoms with van der Waals surface area (Å²) in [4.78, 5) is 9.75. The van der Waals surface area contributed by atoms with Crippen molar-refractivity contribution in [1.29, 1.82) is 0 Å². The predicted octanol–water partition coefficient (Wildman–Crippen LogP) is 3.33. The van der Waals surface area contributed by atoms with E-state index in [1.165, 1.54) is 4.88 Å². The average Bonchev–Trinajstić information content (AvgIpc) is 2.75. The molecule has 16 heavy (non-hydrogen) atoms. The third kappa shape index (κ3) is 2.39. The van der Waals surface area contributed by atoms with Crippen molar-refractivity contribution in [2.75, 3.05) is 5.32 Å². The van der Waals surface area contributed by atoms with Crippen LogP contribution in [-0.4, -0.2) is 9.97 Å². The highest BCUT2D eigenvalue weighted by atomic mass is 32.1. The van der Waals surface area contributed by atoms with E-state index in [1.54, 1.807) is 11.3 Å². The van der Waals surface area contributed by atoms with Gasteiger partial charge in [0, 0.05) is 16.8 Å². The summed E-state index contributed by atoms with van der Waals surface area (Å²) in [6, 6.07) is 4.37. The summed E-state index contributed by atoms with van der Waals surface area (Å²) < 4.78 is 0. The summed E-state index contributed by atoms with van der Waals surface area (Å²) in [6.07, 6.45) is 1.90. The van der Waals surface area contributed by atoms with Gasteiger partial charge in [-0.1, -0.05) is 0 Å². The van der Waals surface area contributed by atoms with Gasteiger partial charge in [-0.3, -0.25) is 9.97 Å². The Hall–Kier alpha value is -1.42. The van der Waals surface area contributed by atoms with E-state index in [1.807, 2.05) is 31.6 Å². The van der Waals surface area contributed by atoms with Gasteiger partial charge in [0.2, 0.25) is 0 Å². The molecule has 0 radical (unpaired) electrons. The van der Waals surface area contributed by atoms with Crippen LogP contribution >= 0.6 is 11.3 Å². The van der Waals surface area contributed by atoms with Crippen LogP contribution in [0.25, 0.3) is 0 Å². The van der Waals surface area contributed by atoms with Crippen LogP contribution in [0.15, 0.2) is 23.8 Å². The van der Waals surface area contributed by atoms with Gasteiger partial charge in [-0.2, -0.15) is 0 Å². The average molecular weight is 233 g/mol. The lowest BCUT2D eigenvalue weighted by Crippen LogP contribution is -2.07. The van der Waals surface area contributed by atoms with E-state index in [2.05, 4.69) is 28.3 Å². The van der Waals surface area contributed by atoms with Crippen LogP contribution in [-0.2, 0) is 0 Å². The molecule has 0 aromatic carbocycles. The Morgan fingerprint density at radius 1 is 1.31 bits per heavy atom. The van der Waals surface area contributed by atoms with Crippen LogP contribution in [0.4, 0.5) is 5.69 Å². The maximum absolute atomic E-state index is 4.43. The second kappa shape index (κ2) is 4.61. The molecule has 2 aromatic heterocycles. The molecule has 3 nitrogen and oxygen atoms in total. The molecule has 84 valence electrons. The van der Waals surface area contributed by atoms with Crippen LogP contribution in [0.1, 0.15) is 29.2 Å². The molecule has 0 aliphatic rings. The summed E-state index contributed by atoms with van der Waals surface area (Å²) in [5.41, 5.74) is 5.03. The number of thiazole rings is 1. The van der Waals surface area contributed by atoms with Gasteiger partial charge in [0.1, 0.15) is 0 Å². The summed E-state index contributed by atoms with van der Waals surface area (Å²) in [5.74, 6) is 0.